The molecule has 2 amide bonds. The van der Waals surface area contributed by atoms with Crippen LogP contribution >= 0.6 is 0 Å². The molecular weight excluding hydrogens is 597 g/mol. The van der Waals surface area contributed by atoms with Crippen molar-refractivity contribution in [1.82, 2.24) is 24.8 Å². The fourth-order valence-corrected chi connectivity index (χ4v) is 5.77. The summed E-state index contributed by atoms with van der Waals surface area (Å²) in [5, 5.41) is 3.02. The molecule has 3 aromatic carbocycles. The minimum atomic E-state index is -0.940. The molecule has 1 aliphatic heterocycles. The summed E-state index contributed by atoms with van der Waals surface area (Å²) in [6, 6.07) is 17.1. The monoisotopic (exact) mass is 628 g/mol. The highest BCUT2D eigenvalue weighted by atomic mass is 19.1. The number of hydrogen-bond donors (Lipinski definition) is 2. The summed E-state index contributed by atoms with van der Waals surface area (Å²) >= 11 is 0. The minimum absolute atomic E-state index is 0.0143. The van der Waals surface area contributed by atoms with E-state index in [4.69, 9.17) is 15.5 Å². The number of hydrogen-bond acceptors (Lipinski definition) is 6. The second-order valence-corrected chi connectivity index (χ2v) is 11.1. The lowest BCUT2D eigenvalue weighted by Gasteiger charge is -2.26. The number of pyridine rings is 1. The molecule has 0 bridgehead atoms. The standard InChI is InChI=1S/C34H31F3N6O3/c35-23-14-21(15-24(36)18-23)16-29(33-25(4-3-9-39-33)22-7-8-27(37)26(17-22)34(38)45)41-32(44)20-43-30-6-2-1-5-28(30)40-31(43)19-42-10-12-46-13-11-42/h1-9,14-15,17-18,29H,10-13,16,19-20H2,(H2,38,45)(H,41,44). The van der Waals surface area contributed by atoms with E-state index in [9.17, 15) is 22.8 Å². The van der Waals surface area contributed by atoms with E-state index >= 15 is 0 Å². The molecule has 2 aromatic heterocycles. The first-order valence-electron chi connectivity index (χ1n) is 14.8. The number of halogens is 3. The Labute approximate surface area is 262 Å². The molecule has 46 heavy (non-hydrogen) atoms. The van der Waals surface area contributed by atoms with Crippen molar-refractivity contribution in [2.24, 2.45) is 5.73 Å². The molecule has 236 valence electrons. The van der Waals surface area contributed by atoms with Gasteiger partial charge in [-0.25, -0.2) is 18.2 Å². The molecule has 0 spiro atoms. The predicted octanol–water partition coefficient (Wildman–Crippen LogP) is 4.55. The SMILES string of the molecule is NC(=O)c1cc(-c2cccnc2C(Cc2cc(F)cc(F)c2)NC(=O)Cn2c(CN3CCOCC3)nc3ccccc32)ccc1F. The van der Waals surface area contributed by atoms with Gasteiger partial charge in [-0.05, 0) is 60.0 Å². The number of rotatable bonds is 10. The molecule has 9 nitrogen and oxygen atoms in total. The number of carbonyl (C=O) groups excluding carboxylic acids is 2. The highest BCUT2D eigenvalue weighted by molar-refractivity contribution is 5.94. The smallest absolute Gasteiger partial charge is 0.251 e. The van der Waals surface area contributed by atoms with Crippen LogP contribution in [0, 0.1) is 17.5 Å². The van der Waals surface area contributed by atoms with Crippen molar-refractivity contribution in [3.63, 3.8) is 0 Å². The molecule has 0 saturated carbocycles. The minimum Gasteiger partial charge on any atom is -0.379 e. The second kappa shape index (κ2) is 13.5. The average molecular weight is 629 g/mol. The van der Waals surface area contributed by atoms with Gasteiger partial charge >= 0.3 is 0 Å². The lowest BCUT2D eigenvalue weighted by molar-refractivity contribution is -0.122. The summed E-state index contributed by atoms with van der Waals surface area (Å²) in [7, 11) is 0. The number of amides is 2. The first-order chi connectivity index (χ1) is 22.2. The second-order valence-electron chi connectivity index (χ2n) is 11.1. The number of carbonyl (C=O) groups is 2. The number of benzene rings is 3. The Bertz CT molecular complexity index is 1890. The van der Waals surface area contributed by atoms with Crippen molar-refractivity contribution >= 4 is 22.8 Å². The zero-order valence-electron chi connectivity index (χ0n) is 24.8. The Morgan fingerprint density at radius 2 is 1.72 bits per heavy atom. The maximum atomic E-state index is 14.3. The molecule has 5 aromatic rings. The number of nitrogens with one attached hydrogen (secondary N) is 1. The van der Waals surface area contributed by atoms with Crippen LogP contribution in [0.1, 0.15) is 33.5 Å². The van der Waals surface area contributed by atoms with Gasteiger partial charge in [0.25, 0.3) is 5.91 Å². The van der Waals surface area contributed by atoms with Gasteiger partial charge in [0, 0.05) is 30.9 Å². The fraction of sp³-hybridized carbons (Fsp3) is 0.235. The van der Waals surface area contributed by atoms with E-state index in [0.717, 1.165) is 36.3 Å². The number of fused-ring (bicyclic) bond motifs is 1. The summed E-state index contributed by atoms with van der Waals surface area (Å²) in [4.78, 5) is 37.3. The first kappa shape index (κ1) is 30.9. The van der Waals surface area contributed by atoms with Gasteiger partial charge < -0.3 is 20.4 Å². The first-order valence-corrected chi connectivity index (χ1v) is 14.8. The molecule has 1 aliphatic rings. The Morgan fingerprint density at radius 1 is 0.957 bits per heavy atom. The van der Waals surface area contributed by atoms with Crippen molar-refractivity contribution < 1.29 is 27.5 Å². The summed E-state index contributed by atoms with van der Waals surface area (Å²) in [5.41, 5.74) is 8.17. The van der Waals surface area contributed by atoms with E-state index in [1.807, 2.05) is 28.8 Å². The number of para-hydroxylation sites is 2. The normalized spacial score (nSPS) is 14.3. The molecular formula is C34H31F3N6O3. The van der Waals surface area contributed by atoms with Crippen LogP contribution in [-0.4, -0.2) is 57.6 Å². The van der Waals surface area contributed by atoms with Crippen LogP contribution in [0.25, 0.3) is 22.2 Å². The number of aromatic nitrogens is 3. The van der Waals surface area contributed by atoms with Crippen molar-refractivity contribution in [3.8, 4) is 11.1 Å². The highest BCUT2D eigenvalue weighted by Gasteiger charge is 2.24. The molecule has 1 atom stereocenters. The summed E-state index contributed by atoms with van der Waals surface area (Å²) in [6.45, 7) is 3.15. The lowest BCUT2D eigenvalue weighted by atomic mass is 9.94. The third kappa shape index (κ3) is 6.93. The maximum absolute atomic E-state index is 14.3. The lowest BCUT2D eigenvalue weighted by Crippen LogP contribution is -2.37. The molecule has 12 heteroatoms. The zero-order valence-corrected chi connectivity index (χ0v) is 24.8. The summed E-state index contributed by atoms with van der Waals surface area (Å²) in [5.74, 6) is -2.91. The Balaban J connectivity index is 1.36. The van der Waals surface area contributed by atoms with Gasteiger partial charge in [-0.3, -0.25) is 19.5 Å². The quantitative estimate of drug-likeness (QED) is 0.235. The third-order valence-electron chi connectivity index (χ3n) is 7.91. The fourth-order valence-electron chi connectivity index (χ4n) is 5.77. The van der Waals surface area contributed by atoms with Gasteiger partial charge in [0.15, 0.2) is 0 Å². The van der Waals surface area contributed by atoms with E-state index in [1.165, 1.54) is 30.5 Å². The molecule has 1 saturated heterocycles. The Kier molecular flexibility index (Phi) is 9.08. The van der Waals surface area contributed by atoms with Gasteiger partial charge in [-0.15, -0.1) is 0 Å². The van der Waals surface area contributed by atoms with Gasteiger partial charge in [0.2, 0.25) is 5.91 Å². The Hall–Kier alpha value is -5.07. The van der Waals surface area contributed by atoms with Gasteiger partial charge in [0.05, 0.1) is 48.1 Å². The number of ether oxygens (including phenoxy) is 1. The summed E-state index contributed by atoms with van der Waals surface area (Å²) < 4.78 is 50.2. The van der Waals surface area contributed by atoms with Crippen LogP contribution in [0.4, 0.5) is 13.2 Å². The molecule has 3 heterocycles. The third-order valence-corrected chi connectivity index (χ3v) is 7.91. The average Bonchev–Trinajstić information content (AvgIpc) is 3.37. The van der Waals surface area contributed by atoms with E-state index in [2.05, 4.69) is 15.2 Å². The molecule has 1 fully saturated rings. The number of nitrogens with two attached hydrogens (primary N) is 1. The van der Waals surface area contributed by atoms with E-state index in [-0.39, 0.29) is 30.0 Å². The molecule has 6 rings (SSSR count). The highest BCUT2D eigenvalue weighted by Crippen LogP contribution is 2.30. The van der Waals surface area contributed by atoms with Gasteiger partial charge in [0.1, 0.15) is 29.8 Å². The number of nitrogens with zero attached hydrogens (tertiary/aromatic N) is 4. The zero-order chi connectivity index (χ0) is 32.2. The number of imidazole rings is 1. The topological polar surface area (TPSA) is 115 Å². The van der Waals surface area contributed by atoms with Crippen molar-refractivity contribution in [2.45, 2.75) is 25.6 Å². The van der Waals surface area contributed by atoms with Gasteiger partial charge in [-0.2, -0.15) is 0 Å². The van der Waals surface area contributed by atoms with Gasteiger partial charge in [-0.1, -0.05) is 24.3 Å². The molecule has 3 N–H and O–H groups in total. The van der Waals surface area contributed by atoms with Crippen LogP contribution < -0.4 is 11.1 Å². The Morgan fingerprint density at radius 3 is 2.48 bits per heavy atom. The molecule has 0 aliphatic carbocycles. The van der Waals surface area contributed by atoms with Crippen LogP contribution in [0.15, 0.2) is 79.0 Å². The van der Waals surface area contributed by atoms with Crippen molar-refractivity contribution in [3.05, 3.63) is 119 Å². The van der Waals surface area contributed by atoms with E-state index in [0.29, 0.717) is 42.4 Å². The molecule has 0 radical (unpaired) electrons. The number of primary amides is 1. The summed E-state index contributed by atoms with van der Waals surface area (Å²) in [6.07, 6.45) is 1.51. The van der Waals surface area contributed by atoms with Crippen LogP contribution in [0.2, 0.25) is 0 Å². The van der Waals surface area contributed by atoms with Crippen molar-refractivity contribution in [1.29, 1.82) is 0 Å². The van der Waals surface area contributed by atoms with Crippen LogP contribution in [0.3, 0.4) is 0 Å². The van der Waals surface area contributed by atoms with E-state index in [1.54, 1.807) is 12.1 Å². The van der Waals surface area contributed by atoms with E-state index < -0.39 is 29.4 Å². The number of morpholine rings is 1. The van der Waals surface area contributed by atoms with Crippen LogP contribution in [0.5, 0.6) is 0 Å². The van der Waals surface area contributed by atoms with Crippen molar-refractivity contribution in [2.75, 3.05) is 26.3 Å². The predicted molar refractivity (Wildman–Crippen MR) is 165 cm³/mol. The van der Waals surface area contributed by atoms with Crippen LogP contribution in [-0.2, 0) is 29.0 Å². The maximum Gasteiger partial charge on any atom is 0.251 e. The largest absolute Gasteiger partial charge is 0.379 e. The molecule has 1 unspecified atom stereocenters.